The highest BCUT2D eigenvalue weighted by atomic mass is 16.6. The highest BCUT2D eigenvalue weighted by molar-refractivity contribution is 6.05. The molecule has 2 heterocycles. The number of fused-ring (bicyclic) bond motifs is 1. The van der Waals surface area contributed by atoms with Gasteiger partial charge in [-0.3, -0.25) is 14.5 Å². The first-order valence-electron chi connectivity index (χ1n) is 13.7. The van der Waals surface area contributed by atoms with Crippen LogP contribution in [0.5, 0.6) is 0 Å². The topological polar surface area (TPSA) is 73.4 Å². The number of likely N-dealkylation sites (N-methyl/N-ethyl adjacent to an activating group) is 1. The fourth-order valence-corrected chi connectivity index (χ4v) is 5.44. The molecule has 3 amide bonds. The van der Waals surface area contributed by atoms with Crippen molar-refractivity contribution in [3.63, 3.8) is 0 Å². The minimum absolute atomic E-state index is 0.0529. The highest BCUT2D eigenvalue weighted by Crippen LogP contribution is 2.42. The molecule has 1 aliphatic carbocycles. The molecule has 8 heteroatoms. The smallest absolute Gasteiger partial charge is 0.414 e. The summed E-state index contributed by atoms with van der Waals surface area (Å²) in [5, 5.41) is 0. The summed E-state index contributed by atoms with van der Waals surface area (Å²) in [6.45, 7) is 7.52. The molecule has 0 spiro atoms. The van der Waals surface area contributed by atoms with Crippen LogP contribution in [0.4, 0.5) is 16.2 Å². The van der Waals surface area contributed by atoms with Crippen LogP contribution in [0.3, 0.4) is 0 Å². The molecule has 2 aliphatic heterocycles. The van der Waals surface area contributed by atoms with Crippen molar-refractivity contribution in [1.82, 2.24) is 9.80 Å². The fourth-order valence-electron chi connectivity index (χ4n) is 5.44. The van der Waals surface area contributed by atoms with Gasteiger partial charge in [0.1, 0.15) is 0 Å². The molecule has 2 aromatic rings. The van der Waals surface area contributed by atoms with E-state index >= 15 is 0 Å². The van der Waals surface area contributed by atoms with E-state index in [9.17, 15) is 14.4 Å². The standard InChI is InChI=1S/C30H38N4O4/c1-19(2)38-30(37)33-17-20(3)34(29(36)23-10-11-23)26-13-12-24(16-27(26)33)21-6-8-22(9-7-21)28(35)32-15-14-25(18-32)31(4)5/h6-9,12-13,16,19-20,23,25H,10-11,14-15,17-18H2,1-5H3/t20-,25-/m0/s1. The van der Waals surface area contributed by atoms with Crippen LogP contribution in [-0.2, 0) is 9.53 Å². The lowest BCUT2D eigenvalue weighted by Crippen LogP contribution is -2.52. The summed E-state index contributed by atoms with van der Waals surface area (Å²) in [7, 11) is 4.11. The molecule has 0 unspecified atom stereocenters. The van der Waals surface area contributed by atoms with Gasteiger partial charge in [-0.2, -0.15) is 0 Å². The summed E-state index contributed by atoms with van der Waals surface area (Å²) in [5.41, 5.74) is 3.93. The summed E-state index contributed by atoms with van der Waals surface area (Å²) in [6.07, 6.45) is 2.18. The largest absolute Gasteiger partial charge is 0.446 e. The Balaban J connectivity index is 1.43. The average molecular weight is 519 g/mol. The number of amides is 3. The van der Waals surface area contributed by atoms with Gasteiger partial charge < -0.3 is 19.4 Å². The fraction of sp³-hybridized carbons (Fsp3) is 0.500. The van der Waals surface area contributed by atoms with Crippen molar-refractivity contribution in [2.45, 2.75) is 58.2 Å². The Bertz CT molecular complexity index is 1220. The van der Waals surface area contributed by atoms with Crippen LogP contribution in [0.25, 0.3) is 11.1 Å². The maximum Gasteiger partial charge on any atom is 0.414 e. The molecule has 2 atom stereocenters. The molecule has 0 radical (unpaired) electrons. The third-order valence-corrected chi connectivity index (χ3v) is 7.78. The maximum absolute atomic E-state index is 13.2. The Hall–Kier alpha value is -3.39. The number of hydrogen-bond donors (Lipinski definition) is 0. The van der Waals surface area contributed by atoms with E-state index in [1.54, 1.807) is 4.90 Å². The lowest BCUT2D eigenvalue weighted by molar-refractivity contribution is -0.120. The first-order chi connectivity index (χ1) is 18.1. The van der Waals surface area contributed by atoms with Crippen LogP contribution in [0.2, 0.25) is 0 Å². The molecule has 2 aromatic carbocycles. The average Bonchev–Trinajstić information content (AvgIpc) is 3.62. The van der Waals surface area contributed by atoms with Crippen molar-refractivity contribution in [2.24, 2.45) is 5.92 Å². The second-order valence-corrected chi connectivity index (χ2v) is 11.3. The summed E-state index contributed by atoms with van der Waals surface area (Å²) in [4.78, 5) is 46.9. The molecule has 8 nitrogen and oxygen atoms in total. The molecular weight excluding hydrogens is 480 g/mol. The van der Waals surface area contributed by atoms with E-state index < -0.39 is 6.09 Å². The zero-order valence-electron chi connectivity index (χ0n) is 23.0. The number of likely N-dealkylation sites (tertiary alicyclic amines) is 1. The maximum atomic E-state index is 13.2. The van der Waals surface area contributed by atoms with Gasteiger partial charge in [-0.05, 0) is 89.5 Å². The number of carbonyl (C=O) groups is 3. The van der Waals surface area contributed by atoms with Gasteiger partial charge in [0.2, 0.25) is 5.91 Å². The Kier molecular flexibility index (Phi) is 7.18. The van der Waals surface area contributed by atoms with Crippen molar-refractivity contribution in [1.29, 1.82) is 0 Å². The van der Waals surface area contributed by atoms with Crippen molar-refractivity contribution in [2.75, 3.05) is 43.5 Å². The molecule has 38 heavy (non-hydrogen) atoms. The van der Waals surface area contributed by atoms with Gasteiger partial charge in [-0.25, -0.2) is 4.79 Å². The summed E-state index contributed by atoms with van der Waals surface area (Å²) in [5.74, 6) is 0.259. The van der Waals surface area contributed by atoms with Crippen molar-refractivity contribution in [3.05, 3.63) is 48.0 Å². The van der Waals surface area contributed by atoms with E-state index in [1.807, 2.05) is 73.0 Å². The van der Waals surface area contributed by atoms with E-state index in [-0.39, 0.29) is 29.9 Å². The summed E-state index contributed by atoms with van der Waals surface area (Å²) < 4.78 is 5.55. The number of nitrogens with zero attached hydrogens (tertiary/aromatic N) is 4. The zero-order chi connectivity index (χ0) is 27.1. The molecular formula is C30H38N4O4. The zero-order valence-corrected chi connectivity index (χ0v) is 23.0. The second kappa shape index (κ2) is 10.4. The first kappa shape index (κ1) is 26.2. The van der Waals surface area contributed by atoms with Gasteiger partial charge >= 0.3 is 6.09 Å². The van der Waals surface area contributed by atoms with Gasteiger partial charge in [-0.15, -0.1) is 0 Å². The molecule has 0 N–H and O–H groups in total. The minimum Gasteiger partial charge on any atom is -0.446 e. The van der Waals surface area contributed by atoms with Crippen LogP contribution in [0, 0.1) is 5.92 Å². The Morgan fingerprint density at radius 1 is 0.921 bits per heavy atom. The SMILES string of the molecule is CC(C)OC(=O)N1C[C@H](C)N(C(=O)C2CC2)c2ccc(-c3ccc(C(=O)N4CC[C@H](N(C)C)C4)cc3)cc21. The Morgan fingerprint density at radius 2 is 1.61 bits per heavy atom. The second-order valence-electron chi connectivity index (χ2n) is 11.3. The van der Waals surface area contributed by atoms with Crippen molar-refractivity contribution >= 4 is 29.3 Å². The van der Waals surface area contributed by atoms with E-state index in [1.165, 1.54) is 0 Å². The number of carbonyl (C=O) groups excluding carboxylic acids is 3. The van der Waals surface area contributed by atoms with Gasteiger partial charge in [0, 0.05) is 37.2 Å². The quantitative estimate of drug-likeness (QED) is 0.577. The molecule has 0 bridgehead atoms. The summed E-state index contributed by atoms with van der Waals surface area (Å²) in [6, 6.07) is 13.8. The number of ether oxygens (including phenoxy) is 1. The van der Waals surface area contributed by atoms with Gasteiger partial charge in [0.15, 0.2) is 0 Å². The number of hydrogen-bond acceptors (Lipinski definition) is 5. The van der Waals surface area contributed by atoms with Crippen LogP contribution in [0.15, 0.2) is 42.5 Å². The van der Waals surface area contributed by atoms with Crippen LogP contribution >= 0.6 is 0 Å². The molecule has 0 aromatic heterocycles. The lowest BCUT2D eigenvalue weighted by atomic mass is 9.99. The van der Waals surface area contributed by atoms with Crippen LogP contribution in [0.1, 0.15) is 50.4 Å². The number of benzene rings is 2. The van der Waals surface area contributed by atoms with Crippen LogP contribution in [-0.4, -0.2) is 79.6 Å². The normalized spacial score (nSPS) is 21.2. The van der Waals surface area contributed by atoms with Gasteiger partial charge in [0.25, 0.3) is 5.91 Å². The Labute approximate surface area is 225 Å². The third-order valence-electron chi connectivity index (χ3n) is 7.78. The highest BCUT2D eigenvalue weighted by Gasteiger charge is 2.41. The molecule has 5 rings (SSSR count). The number of rotatable bonds is 5. The predicted molar refractivity (Wildman–Crippen MR) is 149 cm³/mol. The van der Waals surface area contributed by atoms with Crippen LogP contribution < -0.4 is 9.80 Å². The van der Waals surface area contributed by atoms with Crippen molar-refractivity contribution < 1.29 is 19.1 Å². The molecule has 1 saturated carbocycles. The number of anilines is 2. The Morgan fingerprint density at radius 3 is 2.21 bits per heavy atom. The van der Waals surface area contributed by atoms with E-state index in [4.69, 9.17) is 4.74 Å². The minimum atomic E-state index is -0.411. The third kappa shape index (κ3) is 5.14. The molecule has 3 aliphatic rings. The van der Waals surface area contributed by atoms with E-state index in [2.05, 4.69) is 19.0 Å². The summed E-state index contributed by atoms with van der Waals surface area (Å²) >= 11 is 0. The first-order valence-corrected chi connectivity index (χ1v) is 13.7. The van der Waals surface area contributed by atoms with Gasteiger partial charge in [-0.1, -0.05) is 18.2 Å². The molecule has 1 saturated heterocycles. The monoisotopic (exact) mass is 518 g/mol. The van der Waals surface area contributed by atoms with E-state index in [0.29, 0.717) is 23.8 Å². The molecule has 2 fully saturated rings. The van der Waals surface area contributed by atoms with Gasteiger partial charge in [0.05, 0.1) is 23.5 Å². The predicted octanol–water partition coefficient (Wildman–Crippen LogP) is 4.63. The molecule has 202 valence electrons. The lowest BCUT2D eigenvalue weighted by Gasteiger charge is -2.41. The van der Waals surface area contributed by atoms with Crippen molar-refractivity contribution in [3.8, 4) is 11.1 Å². The van der Waals surface area contributed by atoms with E-state index in [0.717, 1.165) is 49.2 Å².